The van der Waals surface area contributed by atoms with E-state index in [0.29, 0.717) is 6.61 Å². The molecule has 0 aromatic rings. The van der Waals surface area contributed by atoms with Crippen molar-refractivity contribution in [3.05, 3.63) is 25.7 Å². The van der Waals surface area contributed by atoms with Gasteiger partial charge in [-0.2, -0.15) is 0 Å². The van der Waals surface area contributed by atoms with Crippen LogP contribution in [0.25, 0.3) is 0 Å². The minimum atomic E-state index is -3.58. The molecule has 0 aromatic carbocycles. The quantitative estimate of drug-likeness (QED) is 0.489. The standard InChI is InChI=1S/C4H6O.C3H7NO2.2H2O.O.Ti/c1-3-5-4-2;1-2-6-3(4)5;;;;/h3-4H,1-2H2;2H2,1H3,(H2,4,5);2*1H2;;/q;;;;;+2/p-2. The molecule has 0 unspecified atom stereocenters. The van der Waals surface area contributed by atoms with Crippen LogP contribution in [0.5, 0.6) is 0 Å². The van der Waals surface area contributed by atoms with Gasteiger partial charge in [-0.25, -0.2) is 4.79 Å². The average molecular weight is 257 g/mol. The molecule has 0 rings (SSSR count). The average Bonchev–Trinajstić information content (AvgIpc) is 2.05. The summed E-state index contributed by atoms with van der Waals surface area (Å²) in [5.74, 6) is 0. The zero-order valence-electron chi connectivity index (χ0n) is 8.38. The maximum absolute atomic E-state index is 9.60. The molecule has 0 aromatic heterocycles. The maximum atomic E-state index is 9.60. The number of hydrogen-bond donors (Lipinski definition) is 3. The summed E-state index contributed by atoms with van der Waals surface area (Å²) in [6.07, 6.45) is 1.91. The van der Waals surface area contributed by atoms with Crippen molar-refractivity contribution < 1.29 is 43.6 Å². The van der Waals surface area contributed by atoms with E-state index in [0.717, 1.165) is 0 Å². The third-order valence-electron chi connectivity index (χ3n) is 0.479. The number of carbonyl (C=O) groups excluding carboxylic acids is 1. The summed E-state index contributed by atoms with van der Waals surface area (Å²) in [7, 11) is 0. The summed E-state index contributed by atoms with van der Waals surface area (Å²) in [6, 6.07) is 0. The predicted octanol–water partition coefficient (Wildman–Crippen LogP) is 0.156. The number of nitrogens with two attached hydrogens (primary N) is 1. The normalized spacial score (nSPS) is 6.60. The molecule has 0 aliphatic carbocycles. The second kappa shape index (κ2) is 18.7. The third-order valence-corrected chi connectivity index (χ3v) is 0.479. The number of primary amides is 1. The first kappa shape index (κ1) is 19.5. The van der Waals surface area contributed by atoms with Gasteiger partial charge in [0.25, 0.3) is 0 Å². The second-order valence-electron chi connectivity index (χ2n) is 1.50. The Bertz CT molecular complexity index is 186. The summed E-state index contributed by atoms with van der Waals surface area (Å²) in [4.78, 5) is 9.60. The minimum absolute atomic E-state index is 0.356. The molecule has 88 valence electrons. The van der Waals surface area contributed by atoms with Gasteiger partial charge < -0.3 is 15.2 Å². The van der Waals surface area contributed by atoms with Crippen molar-refractivity contribution >= 4 is 6.09 Å². The summed E-state index contributed by atoms with van der Waals surface area (Å²) in [5, 5.41) is 0. The van der Waals surface area contributed by atoms with Gasteiger partial charge in [-0.05, 0) is 6.92 Å². The molecule has 0 saturated heterocycles. The number of amides is 1. The van der Waals surface area contributed by atoms with E-state index in [9.17, 15) is 4.79 Å². The van der Waals surface area contributed by atoms with Crippen LogP contribution in [-0.4, -0.2) is 20.1 Å². The monoisotopic (exact) mass is 257 g/mol. The van der Waals surface area contributed by atoms with Crippen LogP contribution in [0.2, 0.25) is 0 Å². The number of rotatable bonds is 3. The van der Waals surface area contributed by atoms with Crippen LogP contribution >= 0.6 is 0 Å². The Kier molecular flexibility index (Phi) is 24.4. The van der Waals surface area contributed by atoms with E-state index in [1.54, 1.807) is 6.92 Å². The Balaban J connectivity index is -0.000000147. The van der Waals surface area contributed by atoms with E-state index in [1.165, 1.54) is 12.5 Å². The Hall–Kier alpha value is -1.02. The molecule has 0 atom stereocenters. The molecule has 0 aliphatic heterocycles. The molecule has 0 radical (unpaired) electrons. The third kappa shape index (κ3) is 98.7. The van der Waals surface area contributed by atoms with Crippen LogP contribution in [0.15, 0.2) is 25.7 Å². The summed E-state index contributed by atoms with van der Waals surface area (Å²) in [6.45, 7) is 8.57. The van der Waals surface area contributed by atoms with Gasteiger partial charge in [0.15, 0.2) is 0 Å². The molecule has 15 heavy (non-hydrogen) atoms. The van der Waals surface area contributed by atoms with Crippen molar-refractivity contribution in [1.29, 1.82) is 0 Å². The van der Waals surface area contributed by atoms with Crippen LogP contribution in [0.4, 0.5) is 4.79 Å². The van der Waals surface area contributed by atoms with Gasteiger partial charge in [0.2, 0.25) is 0 Å². The first-order chi connectivity index (χ1) is 6.92. The molecule has 8 heteroatoms. The van der Waals surface area contributed by atoms with Crippen molar-refractivity contribution in [3.63, 3.8) is 0 Å². The number of hydrogen-bond acceptors (Lipinski definition) is 4. The van der Waals surface area contributed by atoms with Crippen molar-refractivity contribution in [1.82, 2.24) is 0 Å². The fraction of sp³-hybridized carbons (Fsp3) is 0.286. The summed E-state index contributed by atoms with van der Waals surface area (Å²) < 4.78 is 31.8. The molecule has 0 saturated carbocycles. The van der Waals surface area contributed by atoms with Gasteiger partial charge >= 0.3 is 35.4 Å². The van der Waals surface area contributed by atoms with E-state index in [4.69, 9.17) is 10.7 Å². The van der Waals surface area contributed by atoms with Crippen molar-refractivity contribution in [3.8, 4) is 0 Å². The Morgan fingerprint density at radius 1 is 1.47 bits per heavy atom. The first-order valence-electron chi connectivity index (χ1n) is 3.63. The van der Waals surface area contributed by atoms with Gasteiger partial charge in [0.05, 0.1) is 19.1 Å². The first-order valence-corrected chi connectivity index (χ1v) is 5.67. The van der Waals surface area contributed by atoms with E-state index >= 15 is 0 Å². The van der Waals surface area contributed by atoms with Gasteiger partial charge in [-0.15, -0.1) is 0 Å². The zero-order valence-corrected chi connectivity index (χ0v) is 9.94. The molecule has 0 spiro atoms. The van der Waals surface area contributed by atoms with Crippen LogP contribution in [0.1, 0.15) is 6.92 Å². The molecule has 0 heterocycles. The number of ether oxygens (including phenoxy) is 2. The Morgan fingerprint density at radius 3 is 1.80 bits per heavy atom. The SMILES string of the molecule is C=COC=C.CCOC(N)=O.[O]=[Ti]([OH])[OH]. The topological polar surface area (TPSA) is 119 Å². The van der Waals surface area contributed by atoms with Crippen molar-refractivity contribution in [2.45, 2.75) is 6.92 Å². The fourth-order valence-electron chi connectivity index (χ4n) is 0.210. The van der Waals surface area contributed by atoms with Crippen LogP contribution < -0.4 is 5.73 Å². The molecule has 0 fully saturated rings. The zero-order chi connectivity index (χ0) is 12.7. The van der Waals surface area contributed by atoms with Gasteiger partial charge in [0.1, 0.15) is 0 Å². The van der Waals surface area contributed by atoms with Crippen LogP contribution in [0, 0.1) is 0 Å². The van der Waals surface area contributed by atoms with E-state index < -0.39 is 24.7 Å². The molecular weight excluding hydrogens is 242 g/mol. The number of carbonyl (C=O) groups is 1. The van der Waals surface area contributed by atoms with Crippen molar-refractivity contribution in [2.75, 3.05) is 6.61 Å². The van der Waals surface area contributed by atoms with E-state index in [2.05, 4.69) is 28.4 Å². The molecule has 4 N–H and O–H groups in total. The van der Waals surface area contributed by atoms with Crippen LogP contribution in [-0.2, 0) is 31.4 Å². The molecular formula is C7H15NO6Ti. The van der Waals surface area contributed by atoms with Crippen molar-refractivity contribution in [2.24, 2.45) is 5.73 Å². The van der Waals surface area contributed by atoms with E-state index in [1.807, 2.05) is 0 Å². The molecule has 0 aliphatic rings. The predicted molar refractivity (Wildman–Crippen MR) is 47.8 cm³/mol. The Morgan fingerprint density at radius 2 is 1.80 bits per heavy atom. The molecule has 0 bridgehead atoms. The molecule has 7 nitrogen and oxygen atoms in total. The van der Waals surface area contributed by atoms with Gasteiger partial charge in [-0.3, -0.25) is 0 Å². The van der Waals surface area contributed by atoms with Crippen LogP contribution in [0.3, 0.4) is 0 Å². The molecule has 1 amide bonds. The van der Waals surface area contributed by atoms with E-state index in [-0.39, 0.29) is 0 Å². The second-order valence-corrected chi connectivity index (χ2v) is 2.39. The van der Waals surface area contributed by atoms with Gasteiger partial charge in [-0.1, -0.05) is 13.2 Å². The van der Waals surface area contributed by atoms with Gasteiger partial charge in [0, 0.05) is 0 Å². The fourth-order valence-corrected chi connectivity index (χ4v) is 0.210. The summed E-state index contributed by atoms with van der Waals surface area (Å²) >= 11 is -3.58. The summed E-state index contributed by atoms with van der Waals surface area (Å²) in [5.41, 5.74) is 4.54. The Labute approximate surface area is 94.9 Å².